The second kappa shape index (κ2) is 14.2. The molecule has 0 amide bonds. The van der Waals surface area contributed by atoms with Crippen molar-refractivity contribution in [2.45, 2.75) is 16.7 Å². The fourth-order valence-electron chi connectivity index (χ4n) is 4.46. The number of sulfonamides is 2. The van der Waals surface area contributed by atoms with Crippen LogP contribution in [0.1, 0.15) is 16.7 Å². The Morgan fingerprint density at radius 3 is 2.00 bits per heavy atom. The van der Waals surface area contributed by atoms with E-state index in [2.05, 4.69) is 0 Å². The van der Waals surface area contributed by atoms with Gasteiger partial charge in [-0.05, 0) is 73.2 Å². The number of rotatable bonds is 12. The standard InChI is InChI=1S/C31H30N2O9S3.ClH/c1-23-7-12-28(13-8-23)43(34,35)33(44(36,37)29-14-10-27(11-15-29)41-20-19-40-18-17-32)26-9-16-30-25(21-26)22-31(45(38,39)42-30)24-5-3-2-4-6-24;/h2-16,21-22H,17-20,32H2,1H3;1H. The van der Waals surface area contributed by atoms with Crippen LogP contribution in [0.2, 0.25) is 0 Å². The van der Waals surface area contributed by atoms with Gasteiger partial charge in [0.05, 0.1) is 28.7 Å². The summed E-state index contributed by atoms with van der Waals surface area (Å²) in [7, 11) is -13.7. The van der Waals surface area contributed by atoms with Crippen LogP contribution < -0.4 is 18.4 Å². The van der Waals surface area contributed by atoms with Crippen LogP contribution in [-0.2, 0) is 34.9 Å². The monoisotopic (exact) mass is 706 g/mol. The maximum atomic E-state index is 14.2. The summed E-state index contributed by atoms with van der Waals surface area (Å²) in [6, 6.07) is 22.9. The summed E-state index contributed by atoms with van der Waals surface area (Å²) < 4.78 is 98.7. The molecule has 5 rings (SSSR count). The van der Waals surface area contributed by atoms with Crippen LogP contribution in [0.3, 0.4) is 0 Å². The molecule has 2 N–H and O–H groups in total. The van der Waals surface area contributed by atoms with Crippen molar-refractivity contribution in [3.8, 4) is 11.5 Å². The average molecular weight is 707 g/mol. The number of aryl methyl sites for hydroxylation is 1. The van der Waals surface area contributed by atoms with Gasteiger partial charge in [-0.25, -0.2) is 16.8 Å². The first-order valence-corrected chi connectivity index (χ1v) is 18.0. The van der Waals surface area contributed by atoms with Crippen molar-refractivity contribution in [3.63, 3.8) is 0 Å². The fraction of sp³-hybridized carbons (Fsp3) is 0.161. The number of nitrogens with two attached hydrogens (primary N) is 1. The normalized spacial score (nSPS) is 13.8. The molecule has 0 fully saturated rings. The molecule has 0 radical (unpaired) electrons. The van der Waals surface area contributed by atoms with Gasteiger partial charge in [-0.2, -0.15) is 12.1 Å². The maximum Gasteiger partial charge on any atom is 0.339 e. The topological polar surface area (TPSA) is 159 Å². The van der Waals surface area contributed by atoms with Gasteiger partial charge in [0.25, 0.3) is 20.0 Å². The lowest BCUT2D eigenvalue weighted by Gasteiger charge is -2.26. The fourth-order valence-corrected chi connectivity index (χ4v) is 9.31. The predicted molar refractivity (Wildman–Crippen MR) is 177 cm³/mol. The molecule has 0 atom stereocenters. The molecule has 0 aliphatic carbocycles. The van der Waals surface area contributed by atoms with E-state index in [0.717, 1.165) is 5.56 Å². The number of hydrogen-bond donors (Lipinski definition) is 1. The molecule has 4 aromatic rings. The minimum Gasteiger partial charge on any atom is -0.491 e. The molecule has 1 aliphatic rings. The molecule has 0 unspecified atom stereocenters. The highest BCUT2D eigenvalue weighted by molar-refractivity contribution is 8.10. The summed E-state index contributed by atoms with van der Waals surface area (Å²) in [6.07, 6.45) is 1.32. The highest BCUT2D eigenvalue weighted by Crippen LogP contribution is 2.40. The quantitative estimate of drug-likeness (QED) is 0.163. The van der Waals surface area contributed by atoms with Crippen molar-refractivity contribution < 1.29 is 38.9 Å². The molecule has 46 heavy (non-hydrogen) atoms. The highest BCUT2D eigenvalue weighted by Gasteiger charge is 2.38. The zero-order valence-corrected chi connectivity index (χ0v) is 27.7. The number of fused-ring (bicyclic) bond motifs is 1. The van der Waals surface area contributed by atoms with Crippen molar-refractivity contribution in [1.82, 2.24) is 0 Å². The minimum atomic E-state index is -4.76. The first-order valence-electron chi connectivity index (χ1n) is 13.7. The Balaban J connectivity index is 0.00000480. The molecule has 244 valence electrons. The molecule has 4 aromatic carbocycles. The second-order valence-electron chi connectivity index (χ2n) is 9.88. The molecule has 11 nitrogen and oxygen atoms in total. The van der Waals surface area contributed by atoms with Gasteiger partial charge in [0, 0.05) is 12.1 Å². The van der Waals surface area contributed by atoms with Crippen molar-refractivity contribution in [1.29, 1.82) is 0 Å². The molecule has 0 spiro atoms. The van der Waals surface area contributed by atoms with Crippen molar-refractivity contribution in [2.24, 2.45) is 5.73 Å². The Morgan fingerprint density at radius 1 is 0.783 bits per heavy atom. The number of anilines is 1. The predicted octanol–water partition coefficient (Wildman–Crippen LogP) is 4.58. The summed E-state index contributed by atoms with van der Waals surface area (Å²) in [6.45, 7) is 3.00. The van der Waals surface area contributed by atoms with Gasteiger partial charge in [0.15, 0.2) is 0 Å². The average Bonchev–Trinajstić information content (AvgIpc) is 3.01. The van der Waals surface area contributed by atoms with Crippen molar-refractivity contribution in [2.75, 3.05) is 30.1 Å². The number of nitrogens with zero attached hydrogens (tertiary/aromatic N) is 1. The molecule has 1 aliphatic heterocycles. The van der Waals surface area contributed by atoms with E-state index in [1.807, 2.05) is 0 Å². The summed E-state index contributed by atoms with van der Waals surface area (Å²) in [5.74, 6) is 0.268. The Kier molecular flexibility index (Phi) is 10.8. The first-order chi connectivity index (χ1) is 21.4. The van der Waals surface area contributed by atoms with E-state index in [9.17, 15) is 25.3 Å². The van der Waals surface area contributed by atoms with Crippen LogP contribution in [0.5, 0.6) is 11.5 Å². The number of halogens is 1. The van der Waals surface area contributed by atoms with Crippen LogP contribution >= 0.6 is 12.4 Å². The van der Waals surface area contributed by atoms with Crippen LogP contribution in [-0.4, -0.2) is 51.6 Å². The van der Waals surface area contributed by atoms with E-state index in [4.69, 9.17) is 19.4 Å². The third-order valence-electron chi connectivity index (χ3n) is 6.65. The highest BCUT2D eigenvalue weighted by atomic mass is 35.5. The lowest BCUT2D eigenvalue weighted by molar-refractivity contribution is 0.106. The van der Waals surface area contributed by atoms with Gasteiger partial charge in [-0.3, -0.25) is 0 Å². The Hall–Kier alpha value is -3.92. The van der Waals surface area contributed by atoms with Crippen LogP contribution in [0.15, 0.2) is 107 Å². The van der Waals surface area contributed by atoms with Crippen LogP contribution in [0.25, 0.3) is 11.0 Å². The Labute approximate surface area is 274 Å². The number of ether oxygens (including phenoxy) is 2. The van der Waals surface area contributed by atoms with E-state index >= 15 is 0 Å². The van der Waals surface area contributed by atoms with E-state index in [1.54, 1.807) is 49.4 Å². The van der Waals surface area contributed by atoms with Gasteiger partial charge in [0.2, 0.25) is 0 Å². The molecule has 1 heterocycles. The molecular weight excluding hydrogens is 676 g/mol. The molecule has 0 bridgehead atoms. The SMILES string of the molecule is Cc1ccc(S(=O)(=O)N(c2ccc3c(c2)C=C(c2ccccc2)S(=O)(=O)O3)S(=O)(=O)c2ccc(OCCOCCN)cc2)cc1.Cl. The molecule has 0 saturated carbocycles. The summed E-state index contributed by atoms with van der Waals surface area (Å²) in [5.41, 5.74) is 6.43. The number of benzene rings is 4. The minimum absolute atomic E-state index is 0. The van der Waals surface area contributed by atoms with E-state index in [1.165, 1.54) is 60.7 Å². The van der Waals surface area contributed by atoms with E-state index in [0.29, 0.717) is 28.2 Å². The lowest BCUT2D eigenvalue weighted by atomic mass is 10.1. The lowest BCUT2D eigenvalue weighted by Crippen LogP contribution is -2.37. The largest absolute Gasteiger partial charge is 0.491 e. The van der Waals surface area contributed by atoms with Gasteiger partial charge >= 0.3 is 10.1 Å². The zero-order chi connectivity index (χ0) is 32.2. The number of hydrogen-bond acceptors (Lipinski definition) is 10. The smallest absolute Gasteiger partial charge is 0.339 e. The molecular formula is C31H31ClN2O9S3. The van der Waals surface area contributed by atoms with Gasteiger partial charge in [0.1, 0.15) is 23.0 Å². The third kappa shape index (κ3) is 7.38. The maximum absolute atomic E-state index is 14.2. The van der Waals surface area contributed by atoms with Gasteiger partial charge < -0.3 is 19.4 Å². The summed E-state index contributed by atoms with van der Waals surface area (Å²) >= 11 is 0. The van der Waals surface area contributed by atoms with Crippen molar-refractivity contribution in [3.05, 3.63) is 114 Å². The summed E-state index contributed by atoms with van der Waals surface area (Å²) in [5, 5.41) is 0. The third-order valence-corrected chi connectivity index (χ3v) is 12.2. The van der Waals surface area contributed by atoms with Crippen molar-refractivity contribution >= 4 is 59.2 Å². The van der Waals surface area contributed by atoms with E-state index in [-0.39, 0.29) is 57.3 Å². The van der Waals surface area contributed by atoms with Gasteiger partial charge in [-0.15, -0.1) is 12.4 Å². The molecule has 0 saturated heterocycles. The molecule has 0 aromatic heterocycles. The Bertz CT molecular complexity index is 2040. The van der Waals surface area contributed by atoms with Gasteiger partial charge in [-0.1, -0.05) is 48.0 Å². The van der Waals surface area contributed by atoms with Crippen LogP contribution in [0.4, 0.5) is 5.69 Å². The van der Waals surface area contributed by atoms with E-state index < -0.39 is 30.2 Å². The van der Waals surface area contributed by atoms with Crippen LogP contribution in [0, 0.1) is 6.92 Å². The first kappa shape index (κ1) is 34.9. The molecule has 15 heteroatoms. The Morgan fingerprint density at radius 2 is 1.39 bits per heavy atom. The second-order valence-corrected chi connectivity index (χ2v) is 15.2. The summed E-state index contributed by atoms with van der Waals surface area (Å²) in [4.78, 5) is -0.735. The zero-order valence-electron chi connectivity index (χ0n) is 24.5.